The second-order valence-electron chi connectivity index (χ2n) is 11.8. The number of aliphatic hydroxyl groups excluding tert-OH is 1. The summed E-state index contributed by atoms with van der Waals surface area (Å²) >= 11 is 0. The molecule has 1 unspecified atom stereocenters. The molecule has 4 saturated carbocycles. The number of carboxylic acid groups (broad SMARTS) is 1. The lowest BCUT2D eigenvalue weighted by atomic mass is 9.44. The van der Waals surface area contributed by atoms with Gasteiger partial charge in [-0.05, 0) is 104 Å². The Balaban J connectivity index is 1.61. The molecule has 0 heterocycles. The van der Waals surface area contributed by atoms with Gasteiger partial charge in [0.1, 0.15) is 0 Å². The molecule has 0 aromatic carbocycles. The van der Waals surface area contributed by atoms with Crippen LogP contribution in [0.5, 0.6) is 0 Å². The quantitative estimate of drug-likeness (QED) is 0.530. The zero-order valence-electron chi connectivity index (χ0n) is 19.2. The van der Waals surface area contributed by atoms with Gasteiger partial charge in [-0.2, -0.15) is 8.42 Å². The van der Waals surface area contributed by atoms with Crippen LogP contribution in [0.15, 0.2) is 0 Å². The minimum Gasteiger partial charge on any atom is -0.481 e. The highest BCUT2D eigenvalue weighted by molar-refractivity contribution is 7.86. The molecule has 4 rings (SSSR count). The van der Waals surface area contributed by atoms with E-state index in [-0.39, 0.29) is 30.1 Å². The number of carboxylic acids is 1. The van der Waals surface area contributed by atoms with Gasteiger partial charge in [-0.1, -0.05) is 20.8 Å². The second-order valence-corrected chi connectivity index (χ2v) is 13.4. The lowest BCUT2D eigenvalue weighted by molar-refractivity contribution is -0.138. The van der Waals surface area contributed by atoms with Crippen molar-refractivity contribution < 1.29 is 28.0 Å². The molecule has 0 radical (unpaired) electrons. The summed E-state index contributed by atoms with van der Waals surface area (Å²) < 4.78 is 35.0. The first-order valence-corrected chi connectivity index (χ1v) is 13.8. The molecule has 0 spiro atoms. The Morgan fingerprint density at radius 3 is 2.42 bits per heavy atom. The summed E-state index contributed by atoms with van der Waals surface area (Å²) in [7, 11) is -4.23. The highest BCUT2D eigenvalue weighted by Gasteiger charge is 2.64. The number of hydrogen-bond acceptors (Lipinski definition) is 4. The third-order valence-electron chi connectivity index (χ3n) is 10.6. The maximum atomic E-state index is 12.4. The van der Waals surface area contributed by atoms with E-state index in [1.165, 1.54) is 0 Å². The van der Waals surface area contributed by atoms with E-state index in [2.05, 4.69) is 20.8 Å². The van der Waals surface area contributed by atoms with Crippen LogP contribution in [0.25, 0.3) is 0 Å². The fourth-order valence-corrected chi connectivity index (χ4v) is 10.7. The largest absolute Gasteiger partial charge is 0.481 e. The maximum Gasteiger partial charge on any atom is 0.303 e. The van der Waals surface area contributed by atoms with Crippen LogP contribution in [0, 0.1) is 46.3 Å². The lowest BCUT2D eigenvalue weighted by Gasteiger charge is -2.62. The predicted octanol–water partition coefficient (Wildman–Crippen LogP) is 4.37. The fraction of sp³-hybridized carbons (Fsp3) is 0.958. The molecule has 31 heavy (non-hydrogen) atoms. The van der Waals surface area contributed by atoms with Gasteiger partial charge in [0.05, 0.1) is 11.4 Å². The van der Waals surface area contributed by atoms with Gasteiger partial charge < -0.3 is 10.2 Å². The van der Waals surface area contributed by atoms with Crippen LogP contribution in [-0.2, 0) is 14.9 Å². The van der Waals surface area contributed by atoms with Gasteiger partial charge >= 0.3 is 5.97 Å². The van der Waals surface area contributed by atoms with E-state index < -0.39 is 32.9 Å². The summed E-state index contributed by atoms with van der Waals surface area (Å²) in [6, 6.07) is 0. The van der Waals surface area contributed by atoms with Crippen molar-refractivity contribution in [2.24, 2.45) is 46.3 Å². The summed E-state index contributed by atoms with van der Waals surface area (Å²) in [6.45, 7) is 6.70. The third-order valence-corrected chi connectivity index (χ3v) is 12.1. The first-order valence-electron chi connectivity index (χ1n) is 12.2. The van der Waals surface area contributed by atoms with Crippen LogP contribution in [0.1, 0.15) is 85.0 Å². The van der Waals surface area contributed by atoms with Crippen LogP contribution >= 0.6 is 0 Å². The van der Waals surface area contributed by atoms with Gasteiger partial charge in [0.15, 0.2) is 0 Å². The third kappa shape index (κ3) is 3.76. The van der Waals surface area contributed by atoms with Gasteiger partial charge in [0.2, 0.25) is 0 Å². The Morgan fingerprint density at radius 2 is 1.77 bits per heavy atom. The van der Waals surface area contributed by atoms with Crippen LogP contribution in [-0.4, -0.2) is 40.5 Å². The average Bonchev–Trinajstić information content (AvgIpc) is 3.02. The van der Waals surface area contributed by atoms with E-state index in [1.54, 1.807) is 0 Å². The van der Waals surface area contributed by atoms with E-state index in [0.29, 0.717) is 30.1 Å². The molecule has 0 amide bonds. The van der Waals surface area contributed by atoms with Crippen molar-refractivity contribution in [1.29, 1.82) is 0 Å². The number of carbonyl (C=O) groups is 1. The Hall–Kier alpha value is -0.660. The van der Waals surface area contributed by atoms with Crippen LogP contribution in [0.2, 0.25) is 0 Å². The van der Waals surface area contributed by atoms with E-state index >= 15 is 0 Å². The van der Waals surface area contributed by atoms with Gasteiger partial charge in [0, 0.05) is 6.42 Å². The Kier molecular flexibility index (Phi) is 6.05. The highest BCUT2D eigenvalue weighted by Crippen LogP contribution is 2.68. The molecule has 6 nitrogen and oxygen atoms in total. The predicted molar refractivity (Wildman–Crippen MR) is 118 cm³/mol. The fourth-order valence-electron chi connectivity index (χ4n) is 9.24. The molecule has 4 aliphatic carbocycles. The monoisotopic (exact) mass is 456 g/mol. The summed E-state index contributed by atoms with van der Waals surface area (Å²) in [4.78, 5) is 11.1. The maximum absolute atomic E-state index is 12.4. The van der Waals surface area contributed by atoms with E-state index in [1.807, 2.05) is 0 Å². The van der Waals surface area contributed by atoms with Crippen molar-refractivity contribution in [2.45, 2.75) is 96.3 Å². The average molecular weight is 457 g/mol. The Labute approximate surface area is 186 Å². The van der Waals surface area contributed by atoms with Gasteiger partial charge in [-0.15, -0.1) is 0 Å². The molecule has 7 heteroatoms. The molecule has 4 aliphatic rings. The molecular formula is C24H40O6S. The molecule has 0 saturated heterocycles. The molecular weight excluding hydrogens is 416 g/mol. The number of hydrogen-bond donors (Lipinski definition) is 3. The number of fused-ring (bicyclic) bond motifs is 5. The van der Waals surface area contributed by atoms with E-state index in [0.717, 1.165) is 44.9 Å². The van der Waals surface area contributed by atoms with Gasteiger partial charge in [-0.3, -0.25) is 9.35 Å². The van der Waals surface area contributed by atoms with Crippen molar-refractivity contribution in [3.8, 4) is 0 Å². The van der Waals surface area contributed by atoms with Crippen molar-refractivity contribution in [1.82, 2.24) is 0 Å². The number of aliphatic carboxylic acids is 1. The molecule has 0 aromatic rings. The van der Waals surface area contributed by atoms with Crippen molar-refractivity contribution >= 4 is 16.1 Å². The first kappa shape index (κ1) is 23.5. The molecule has 0 aliphatic heterocycles. The molecule has 10 atom stereocenters. The molecule has 4 fully saturated rings. The van der Waals surface area contributed by atoms with Crippen LogP contribution in [0.4, 0.5) is 0 Å². The van der Waals surface area contributed by atoms with E-state index in [4.69, 9.17) is 5.11 Å². The summed E-state index contributed by atoms with van der Waals surface area (Å²) in [5.41, 5.74) is -0.297. The molecule has 178 valence electrons. The Bertz CT molecular complexity index is 811. The molecule has 0 bridgehead atoms. The topological polar surface area (TPSA) is 112 Å². The minimum atomic E-state index is -4.23. The van der Waals surface area contributed by atoms with Crippen LogP contribution < -0.4 is 0 Å². The van der Waals surface area contributed by atoms with E-state index in [9.17, 15) is 22.9 Å². The first-order chi connectivity index (χ1) is 14.4. The zero-order chi connectivity index (χ0) is 22.8. The van der Waals surface area contributed by atoms with Crippen molar-refractivity contribution in [3.05, 3.63) is 0 Å². The SMILES string of the molecule is C[C@H](CCC(=O)O)[C@H]1CC[C@H]2[C@@H]3CC[C@@H]4C[C@H](O)CC(S(=O)(=O)O)[C@]4(C)[C@H]3CC[C@]12C. The Morgan fingerprint density at radius 1 is 1.06 bits per heavy atom. The number of aliphatic hydroxyl groups is 1. The lowest BCUT2D eigenvalue weighted by Crippen LogP contribution is -2.61. The van der Waals surface area contributed by atoms with Crippen molar-refractivity contribution in [2.75, 3.05) is 0 Å². The standard InChI is InChI=1S/C24H40O6S/c1-14(4-9-22(26)27)18-7-8-19-17-6-5-15-12-16(25)13-21(31(28,29)30)24(15,3)20(17)10-11-23(18,19)2/h14-21,25H,4-13H2,1-3H3,(H,26,27)(H,28,29,30)/t14-,15-,16+,17+,18-,19+,20+,21?,23-,24+/m1/s1. The summed E-state index contributed by atoms with van der Waals surface area (Å²) in [5, 5.41) is 18.6. The molecule has 0 aromatic heterocycles. The van der Waals surface area contributed by atoms with Gasteiger partial charge in [-0.25, -0.2) is 0 Å². The summed E-state index contributed by atoms with van der Waals surface area (Å²) in [6.07, 6.45) is 7.36. The highest BCUT2D eigenvalue weighted by atomic mass is 32.2. The zero-order valence-corrected chi connectivity index (χ0v) is 20.0. The van der Waals surface area contributed by atoms with Crippen molar-refractivity contribution in [3.63, 3.8) is 0 Å². The van der Waals surface area contributed by atoms with Crippen LogP contribution in [0.3, 0.4) is 0 Å². The summed E-state index contributed by atoms with van der Waals surface area (Å²) in [5.74, 6) is 1.57. The smallest absolute Gasteiger partial charge is 0.303 e. The number of rotatable bonds is 5. The minimum absolute atomic E-state index is 0.139. The second kappa shape index (κ2) is 7.98. The molecule has 3 N–H and O–H groups in total. The normalized spacial score (nSPS) is 48.4. The van der Waals surface area contributed by atoms with Gasteiger partial charge in [0.25, 0.3) is 10.1 Å².